The van der Waals surface area contributed by atoms with E-state index < -0.39 is 29.6 Å². The molecule has 0 bridgehead atoms. The topological polar surface area (TPSA) is 125 Å². The molecule has 0 amide bonds. The first-order chi connectivity index (χ1) is 17.8. The molecule has 220 valence electrons. The van der Waals surface area contributed by atoms with Gasteiger partial charge in [0, 0.05) is 43.7 Å². The third-order valence-corrected chi connectivity index (χ3v) is 12.3. The molecule has 11 nitrogen and oxygen atoms in total. The summed E-state index contributed by atoms with van der Waals surface area (Å²) in [6, 6.07) is 1.74. The van der Waals surface area contributed by atoms with Crippen molar-refractivity contribution in [3.8, 4) is 5.88 Å². The lowest BCUT2D eigenvalue weighted by Gasteiger charge is -2.21. The fourth-order valence-corrected chi connectivity index (χ4v) is 8.34. The van der Waals surface area contributed by atoms with E-state index in [0.29, 0.717) is 19.1 Å². The molecule has 16 heteroatoms. The maximum Gasteiger partial charge on any atom is 0.381 e. The molecule has 0 aliphatic heterocycles. The maximum absolute atomic E-state index is 11.8. The lowest BCUT2D eigenvalue weighted by molar-refractivity contribution is -0.149. The molecule has 0 saturated carbocycles. The first-order valence-corrected chi connectivity index (χ1v) is 18.7. The van der Waals surface area contributed by atoms with Crippen LogP contribution in [0.3, 0.4) is 0 Å². The number of aromatic nitrogens is 2. The molecule has 1 heterocycles. The van der Waals surface area contributed by atoms with Crippen molar-refractivity contribution in [3.05, 3.63) is 17.6 Å². The number of rotatable bonds is 16. The van der Waals surface area contributed by atoms with Crippen LogP contribution >= 0.6 is 23.8 Å². The van der Waals surface area contributed by atoms with Crippen LogP contribution in [0.1, 0.15) is 65.4 Å². The average molecular weight is 635 g/mol. The summed E-state index contributed by atoms with van der Waals surface area (Å²) in [7, 11) is 2.81. The van der Waals surface area contributed by atoms with Gasteiger partial charge in [-0.2, -0.15) is 4.98 Å². The van der Waals surface area contributed by atoms with Crippen LogP contribution in [0.25, 0.3) is 0 Å². The average Bonchev–Trinajstić information content (AvgIpc) is 2.84. The summed E-state index contributed by atoms with van der Waals surface area (Å²) in [6.07, 6.45) is -0.123. The molecular formula is C22H40N2O9P2S3. The number of aryl methyl sites for hydroxylation is 1. The summed E-state index contributed by atoms with van der Waals surface area (Å²) in [5.74, 6) is 0.357. The van der Waals surface area contributed by atoms with Gasteiger partial charge in [0.15, 0.2) is 0 Å². The van der Waals surface area contributed by atoms with E-state index in [1.54, 1.807) is 19.9 Å². The Kier molecular flexibility index (Phi) is 19.0. The minimum Gasteiger partial charge on any atom is -0.466 e. The number of nitrogens with zero attached hydrogens (tertiary/aromatic N) is 2. The molecule has 1 aromatic heterocycles. The molecule has 0 aromatic carbocycles. The van der Waals surface area contributed by atoms with Gasteiger partial charge in [-0.25, -0.2) is 4.98 Å². The Bertz CT molecular complexity index is 952. The second-order valence-electron chi connectivity index (χ2n) is 7.40. The van der Waals surface area contributed by atoms with Gasteiger partial charge < -0.3 is 23.0 Å². The van der Waals surface area contributed by atoms with Gasteiger partial charge in [-0.1, -0.05) is 25.2 Å². The van der Waals surface area contributed by atoms with Crippen LogP contribution in [0.5, 0.6) is 5.88 Å². The van der Waals surface area contributed by atoms with Gasteiger partial charge in [-0.3, -0.25) is 18.6 Å². The van der Waals surface area contributed by atoms with Crippen LogP contribution in [-0.2, 0) is 60.8 Å². The second kappa shape index (κ2) is 19.4. The molecule has 0 aliphatic rings. The van der Waals surface area contributed by atoms with Crippen LogP contribution in [0.15, 0.2) is 6.07 Å². The Hall–Kier alpha value is -0.690. The van der Waals surface area contributed by atoms with Crippen LogP contribution in [-0.4, -0.2) is 67.8 Å². The van der Waals surface area contributed by atoms with Gasteiger partial charge in [-0.15, -0.1) is 0 Å². The van der Waals surface area contributed by atoms with Crippen LogP contribution in [0.4, 0.5) is 0 Å². The smallest absolute Gasteiger partial charge is 0.381 e. The molecule has 1 aromatic rings. The molecule has 1 rings (SSSR count). The van der Waals surface area contributed by atoms with E-state index in [0.717, 1.165) is 22.9 Å². The lowest BCUT2D eigenvalue weighted by Crippen LogP contribution is -2.24. The number of ether oxygens (including phenoxy) is 2. The number of carbonyl (C=O) groups excluding carboxylic acids is 2. The highest BCUT2D eigenvalue weighted by molar-refractivity contribution is 8.68. The highest BCUT2D eigenvalue weighted by Gasteiger charge is 2.32. The molecule has 38 heavy (non-hydrogen) atoms. The molecule has 0 spiro atoms. The van der Waals surface area contributed by atoms with Gasteiger partial charge in [0.05, 0.1) is 32.8 Å². The predicted molar refractivity (Wildman–Crippen MR) is 157 cm³/mol. The Morgan fingerprint density at radius 3 is 1.95 bits per heavy atom. The molecule has 0 fully saturated rings. The van der Waals surface area contributed by atoms with E-state index in [2.05, 4.69) is 9.97 Å². The summed E-state index contributed by atoms with van der Waals surface area (Å²) in [6.45, 7) is 11.6. The number of hydrogen-bond acceptors (Lipinski definition) is 14. The largest absolute Gasteiger partial charge is 0.466 e. The minimum absolute atomic E-state index is 0.123. The minimum atomic E-state index is -2.77. The molecule has 0 N–H and O–H groups in total. The van der Waals surface area contributed by atoms with Gasteiger partial charge in [0.25, 0.3) is 0 Å². The molecule has 0 saturated heterocycles. The third-order valence-electron chi connectivity index (χ3n) is 4.05. The van der Waals surface area contributed by atoms with E-state index in [9.17, 15) is 9.59 Å². The van der Waals surface area contributed by atoms with Crippen molar-refractivity contribution in [3.63, 3.8) is 0 Å². The van der Waals surface area contributed by atoms with Crippen molar-refractivity contribution < 1.29 is 41.7 Å². The number of hydrogen-bond donors (Lipinski definition) is 0. The monoisotopic (exact) mass is 634 g/mol. The first kappa shape index (κ1) is 37.3. The van der Waals surface area contributed by atoms with Gasteiger partial charge in [-0.05, 0) is 46.4 Å². The SMILES string of the molecule is CCOC(=O)CC(SP(=S)(OC)OC)C(=O)OCC.CCOP(=S)(OCC)Oc1cc(C)nc(C(C)C)n1. The van der Waals surface area contributed by atoms with Crippen molar-refractivity contribution >= 4 is 59.3 Å². The Morgan fingerprint density at radius 2 is 1.50 bits per heavy atom. The van der Waals surface area contributed by atoms with E-state index in [4.69, 9.17) is 55.7 Å². The summed E-state index contributed by atoms with van der Waals surface area (Å²) < 4.78 is 36.5. The van der Waals surface area contributed by atoms with Crippen LogP contribution < -0.4 is 4.52 Å². The van der Waals surface area contributed by atoms with E-state index in [-0.39, 0.29) is 25.6 Å². The second-order valence-corrected chi connectivity index (χ2v) is 17.0. The van der Waals surface area contributed by atoms with Crippen molar-refractivity contribution in [1.29, 1.82) is 0 Å². The zero-order chi connectivity index (χ0) is 29.4. The first-order valence-electron chi connectivity index (χ1n) is 12.0. The van der Waals surface area contributed by atoms with Crippen molar-refractivity contribution in [2.24, 2.45) is 0 Å². The zero-order valence-corrected chi connectivity index (χ0v) is 27.7. The number of carbonyl (C=O) groups is 2. The quantitative estimate of drug-likeness (QED) is 0.163. The fourth-order valence-electron chi connectivity index (χ4n) is 2.47. The normalized spacial score (nSPS) is 12.4. The Morgan fingerprint density at radius 1 is 0.947 bits per heavy atom. The lowest BCUT2D eigenvalue weighted by atomic mass is 10.2. The van der Waals surface area contributed by atoms with Crippen LogP contribution in [0, 0.1) is 6.92 Å². The predicted octanol–water partition coefficient (Wildman–Crippen LogP) is 5.71. The summed E-state index contributed by atoms with van der Waals surface area (Å²) in [4.78, 5) is 32.0. The summed E-state index contributed by atoms with van der Waals surface area (Å²) in [5, 5.41) is -0.787. The molecule has 1 unspecified atom stereocenters. The molecule has 1 atom stereocenters. The number of esters is 2. The van der Waals surface area contributed by atoms with E-state index >= 15 is 0 Å². The van der Waals surface area contributed by atoms with Crippen molar-refractivity contribution in [2.45, 2.75) is 66.1 Å². The highest BCUT2D eigenvalue weighted by atomic mass is 32.9. The standard InChI is InChI=1S/C12H21N2O3PS.C10H19O6PS2/c1-6-15-18(19,16-7-2)17-11-8-10(5)13-12(14-11)9(3)4;1-5-15-9(11)7-8(10(12)16-6-2)19-17(18,13-3)14-4/h8-9H,6-7H2,1-5H3;8H,5-7H2,1-4H3. The summed E-state index contributed by atoms with van der Waals surface area (Å²) >= 11 is 11.5. The van der Waals surface area contributed by atoms with Gasteiger partial charge >= 0.3 is 18.7 Å². The van der Waals surface area contributed by atoms with Crippen molar-refractivity contribution in [2.75, 3.05) is 40.6 Å². The zero-order valence-electron chi connectivity index (χ0n) is 23.5. The third kappa shape index (κ3) is 14.6. The fraction of sp³-hybridized carbons (Fsp3) is 0.727. The summed E-state index contributed by atoms with van der Waals surface area (Å²) in [5.41, 5.74) is -1.81. The molecule has 0 aliphatic carbocycles. The molecule has 0 radical (unpaired) electrons. The Balaban J connectivity index is 0.000000721. The Labute approximate surface area is 240 Å². The van der Waals surface area contributed by atoms with Crippen molar-refractivity contribution in [1.82, 2.24) is 9.97 Å². The van der Waals surface area contributed by atoms with E-state index in [1.807, 2.05) is 34.6 Å². The van der Waals surface area contributed by atoms with Gasteiger partial charge in [0.1, 0.15) is 11.1 Å². The van der Waals surface area contributed by atoms with Gasteiger partial charge in [0.2, 0.25) is 11.6 Å². The molecular weight excluding hydrogens is 594 g/mol. The van der Waals surface area contributed by atoms with E-state index in [1.165, 1.54) is 14.2 Å². The van der Waals surface area contributed by atoms with Crippen LogP contribution in [0.2, 0.25) is 0 Å². The highest BCUT2D eigenvalue weighted by Crippen LogP contribution is 2.62. The maximum atomic E-state index is 11.8.